The van der Waals surface area contributed by atoms with Gasteiger partial charge in [-0.15, -0.1) is 0 Å². The second kappa shape index (κ2) is 5.86. The Bertz CT molecular complexity index is 1070. The van der Waals surface area contributed by atoms with Crippen LogP contribution in [0.4, 0.5) is 0 Å². The summed E-state index contributed by atoms with van der Waals surface area (Å²) in [6.45, 7) is 2.99. The summed E-state index contributed by atoms with van der Waals surface area (Å²) in [6, 6.07) is 10.5. The van der Waals surface area contributed by atoms with Gasteiger partial charge in [0.25, 0.3) is 0 Å². The largest absolute Gasteiger partial charge is 0.346 e. The molecule has 5 rings (SSSR count). The van der Waals surface area contributed by atoms with E-state index < -0.39 is 0 Å². The van der Waals surface area contributed by atoms with Gasteiger partial charge in [0.1, 0.15) is 5.65 Å². The zero-order chi connectivity index (χ0) is 16.6. The lowest BCUT2D eigenvalue weighted by Crippen LogP contribution is -2.28. The molecule has 124 valence electrons. The summed E-state index contributed by atoms with van der Waals surface area (Å²) in [4.78, 5) is 10.2. The van der Waals surface area contributed by atoms with E-state index in [9.17, 15) is 0 Å². The summed E-state index contributed by atoms with van der Waals surface area (Å²) in [5, 5.41) is 9.65. The number of pyridine rings is 1. The molecule has 4 aromatic rings. The monoisotopic (exact) mass is 329 g/mol. The first-order chi connectivity index (χ1) is 12.4. The minimum atomic E-state index is 0.954. The topological polar surface area (TPSA) is 60.6 Å². The van der Waals surface area contributed by atoms with E-state index in [1.807, 2.05) is 18.5 Å². The van der Waals surface area contributed by atoms with Crippen LogP contribution in [0.2, 0.25) is 0 Å². The van der Waals surface area contributed by atoms with Crippen molar-refractivity contribution >= 4 is 27.5 Å². The van der Waals surface area contributed by atoms with Gasteiger partial charge in [0.2, 0.25) is 0 Å². The third-order valence-corrected chi connectivity index (χ3v) is 5.06. The van der Waals surface area contributed by atoms with E-state index in [1.54, 1.807) is 0 Å². The SMILES string of the molecule is C1=C(c2c[nH]c3ncccc23)CCN(Cc2cccc3[nH]ncc23)C1. The quantitative estimate of drug-likeness (QED) is 0.602. The molecule has 1 aliphatic rings. The Morgan fingerprint density at radius 1 is 1.12 bits per heavy atom. The van der Waals surface area contributed by atoms with E-state index in [2.05, 4.69) is 61.6 Å². The molecule has 25 heavy (non-hydrogen) atoms. The highest BCUT2D eigenvalue weighted by Crippen LogP contribution is 2.29. The molecule has 0 amide bonds. The average molecular weight is 329 g/mol. The van der Waals surface area contributed by atoms with Crippen LogP contribution < -0.4 is 0 Å². The maximum Gasteiger partial charge on any atom is 0.137 e. The van der Waals surface area contributed by atoms with Crippen molar-refractivity contribution in [3.05, 3.63) is 66.1 Å². The van der Waals surface area contributed by atoms with Crippen LogP contribution >= 0.6 is 0 Å². The molecule has 1 aliphatic heterocycles. The molecule has 0 atom stereocenters. The molecule has 5 heteroatoms. The van der Waals surface area contributed by atoms with Crippen LogP contribution in [-0.2, 0) is 6.54 Å². The molecule has 5 nitrogen and oxygen atoms in total. The molecule has 1 aromatic carbocycles. The normalized spacial score (nSPS) is 15.8. The molecular weight excluding hydrogens is 310 g/mol. The number of fused-ring (bicyclic) bond motifs is 2. The van der Waals surface area contributed by atoms with Crippen LogP contribution in [0.15, 0.2) is 55.0 Å². The predicted molar refractivity (Wildman–Crippen MR) is 100 cm³/mol. The van der Waals surface area contributed by atoms with Crippen molar-refractivity contribution in [3.63, 3.8) is 0 Å². The number of nitrogens with one attached hydrogen (secondary N) is 2. The van der Waals surface area contributed by atoms with Gasteiger partial charge in [-0.05, 0) is 35.8 Å². The van der Waals surface area contributed by atoms with Crippen LogP contribution in [0.1, 0.15) is 17.5 Å². The molecule has 0 unspecified atom stereocenters. The minimum Gasteiger partial charge on any atom is -0.346 e. The summed E-state index contributed by atoms with van der Waals surface area (Å²) in [7, 11) is 0. The number of aromatic nitrogens is 4. The number of H-pyrrole nitrogens is 2. The highest BCUT2D eigenvalue weighted by molar-refractivity contribution is 5.90. The average Bonchev–Trinajstić information content (AvgIpc) is 3.30. The minimum absolute atomic E-state index is 0.954. The summed E-state index contributed by atoms with van der Waals surface area (Å²) in [5.41, 5.74) is 6.11. The lowest BCUT2D eigenvalue weighted by Gasteiger charge is -2.26. The Hall–Kier alpha value is -2.92. The summed E-state index contributed by atoms with van der Waals surface area (Å²) in [6.07, 6.45) is 9.26. The van der Waals surface area contributed by atoms with Crippen molar-refractivity contribution in [1.29, 1.82) is 0 Å². The molecule has 0 aliphatic carbocycles. The number of hydrogen-bond acceptors (Lipinski definition) is 3. The molecule has 2 N–H and O–H groups in total. The Morgan fingerprint density at radius 2 is 2.12 bits per heavy atom. The molecule has 0 saturated heterocycles. The van der Waals surface area contributed by atoms with Gasteiger partial charge < -0.3 is 4.98 Å². The van der Waals surface area contributed by atoms with Crippen LogP contribution in [0.3, 0.4) is 0 Å². The summed E-state index contributed by atoms with van der Waals surface area (Å²) >= 11 is 0. The molecule has 0 bridgehead atoms. The first-order valence-corrected chi connectivity index (χ1v) is 8.63. The number of rotatable bonds is 3. The molecule has 0 fully saturated rings. The number of hydrogen-bond donors (Lipinski definition) is 2. The van der Waals surface area contributed by atoms with E-state index in [-0.39, 0.29) is 0 Å². The van der Waals surface area contributed by atoms with E-state index in [0.29, 0.717) is 0 Å². The summed E-state index contributed by atoms with van der Waals surface area (Å²) < 4.78 is 0. The fourth-order valence-electron chi connectivity index (χ4n) is 3.73. The lowest BCUT2D eigenvalue weighted by atomic mass is 9.99. The van der Waals surface area contributed by atoms with E-state index in [0.717, 1.165) is 37.2 Å². The van der Waals surface area contributed by atoms with Crippen LogP contribution in [0.25, 0.3) is 27.5 Å². The highest BCUT2D eigenvalue weighted by Gasteiger charge is 2.16. The predicted octanol–water partition coefficient (Wildman–Crippen LogP) is 3.73. The van der Waals surface area contributed by atoms with E-state index >= 15 is 0 Å². The lowest BCUT2D eigenvalue weighted by molar-refractivity contribution is 0.295. The third kappa shape index (κ3) is 2.53. The van der Waals surface area contributed by atoms with Gasteiger partial charge in [0.15, 0.2) is 0 Å². The maximum absolute atomic E-state index is 4.39. The molecule has 0 saturated carbocycles. The fourth-order valence-corrected chi connectivity index (χ4v) is 3.73. The van der Waals surface area contributed by atoms with E-state index in [4.69, 9.17) is 0 Å². The Morgan fingerprint density at radius 3 is 3.04 bits per heavy atom. The molecule has 0 spiro atoms. The maximum atomic E-state index is 4.39. The van der Waals surface area contributed by atoms with E-state index in [1.165, 1.54) is 27.5 Å². The third-order valence-electron chi connectivity index (χ3n) is 5.06. The van der Waals surface area contributed by atoms with Gasteiger partial charge in [-0.3, -0.25) is 10.00 Å². The standard InChI is InChI=1S/C20H19N5/c1-3-15(18-12-23-24-19(18)5-1)13-25-9-6-14(7-10-25)17-11-22-20-16(17)4-2-8-21-20/h1-6,8,11-12H,7,9-10,13H2,(H,21,22)(H,23,24). The smallest absolute Gasteiger partial charge is 0.137 e. The Kier molecular flexibility index (Phi) is 3.38. The molecule has 0 radical (unpaired) electrons. The zero-order valence-corrected chi connectivity index (χ0v) is 13.9. The first-order valence-electron chi connectivity index (χ1n) is 8.63. The van der Waals surface area contributed by atoms with Gasteiger partial charge in [0, 0.05) is 48.4 Å². The van der Waals surface area contributed by atoms with Gasteiger partial charge in [-0.1, -0.05) is 18.2 Å². The van der Waals surface area contributed by atoms with Crippen molar-refractivity contribution in [2.45, 2.75) is 13.0 Å². The van der Waals surface area contributed by atoms with Gasteiger partial charge in [-0.2, -0.15) is 5.10 Å². The van der Waals surface area contributed by atoms with Crippen molar-refractivity contribution in [2.75, 3.05) is 13.1 Å². The number of nitrogens with zero attached hydrogens (tertiary/aromatic N) is 3. The van der Waals surface area contributed by atoms with Gasteiger partial charge in [-0.25, -0.2) is 4.98 Å². The Labute approximate surface area is 145 Å². The molecule has 3 aromatic heterocycles. The van der Waals surface area contributed by atoms with Crippen molar-refractivity contribution in [1.82, 2.24) is 25.1 Å². The van der Waals surface area contributed by atoms with Crippen molar-refractivity contribution in [3.8, 4) is 0 Å². The molecular formula is C20H19N5. The summed E-state index contributed by atoms with van der Waals surface area (Å²) in [5.74, 6) is 0. The number of benzene rings is 1. The second-order valence-corrected chi connectivity index (χ2v) is 6.56. The first kappa shape index (κ1) is 14.4. The zero-order valence-electron chi connectivity index (χ0n) is 13.9. The Balaban J connectivity index is 1.37. The van der Waals surface area contributed by atoms with Crippen molar-refractivity contribution in [2.24, 2.45) is 0 Å². The fraction of sp³-hybridized carbons (Fsp3) is 0.200. The van der Waals surface area contributed by atoms with Crippen LogP contribution in [-0.4, -0.2) is 38.2 Å². The second-order valence-electron chi connectivity index (χ2n) is 6.56. The van der Waals surface area contributed by atoms with Crippen molar-refractivity contribution < 1.29 is 0 Å². The van der Waals surface area contributed by atoms with Crippen LogP contribution in [0.5, 0.6) is 0 Å². The van der Waals surface area contributed by atoms with Crippen LogP contribution in [0, 0.1) is 0 Å². The van der Waals surface area contributed by atoms with Gasteiger partial charge >= 0.3 is 0 Å². The highest BCUT2D eigenvalue weighted by atomic mass is 15.1. The van der Waals surface area contributed by atoms with Gasteiger partial charge in [0.05, 0.1) is 11.7 Å². The number of aromatic amines is 2. The molecule has 4 heterocycles.